The maximum absolute atomic E-state index is 11.7. The quantitative estimate of drug-likeness (QED) is 0.602. The van der Waals surface area contributed by atoms with E-state index in [2.05, 4.69) is 0 Å². The van der Waals surface area contributed by atoms with Crippen LogP contribution < -0.4 is 4.74 Å². The zero-order valence-electron chi connectivity index (χ0n) is 11.9. The van der Waals surface area contributed by atoms with Crippen LogP contribution in [0, 0.1) is 5.41 Å². The van der Waals surface area contributed by atoms with Gasteiger partial charge in [0.2, 0.25) is 0 Å². The summed E-state index contributed by atoms with van der Waals surface area (Å²) in [6.07, 6.45) is 3.11. The molecule has 0 bridgehead atoms. The van der Waals surface area contributed by atoms with E-state index in [0.717, 1.165) is 11.3 Å². The summed E-state index contributed by atoms with van der Waals surface area (Å²) in [5, 5.41) is 0. The molecule has 102 valence electrons. The molecule has 0 aliphatic rings. The van der Waals surface area contributed by atoms with Crippen LogP contribution in [0.2, 0.25) is 0 Å². The summed E-state index contributed by atoms with van der Waals surface area (Å²) in [6.45, 7) is 5.45. The summed E-state index contributed by atoms with van der Waals surface area (Å²) in [6, 6.07) is 7.36. The number of carbonyl (C=O) groups excluding carboxylic acids is 2. The molecule has 0 aliphatic carbocycles. The Morgan fingerprint density at radius 2 is 1.74 bits per heavy atom. The van der Waals surface area contributed by atoms with E-state index in [1.54, 1.807) is 13.2 Å². The van der Waals surface area contributed by atoms with Crippen LogP contribution in [0.25, 0.3) is 6.08 Å². The molecule has 0 fully saturated rings. The Kier molecular flexibility index (Phi) is 5.04. The summed E-state index contributed by atoms with van der Waals surface area (Å²) < 4.78 is 5.05. The summed E-state index contributed by atoms with van der Waals surface area (Å²) in [5.74, 6) is 0.555. The zero-order chi connectivity index (χ0) is 14.5. The first-order valence-electron chi connectivity index (χ1n) is 6.21. The van der Waals surface area contributed by atoms with Crippen LogP contribution in [-0.4, -0.2) is 18.7 Å². The number of ketones is 2. The Bertz CT molecular complexity index is 476. The molecule has 0 aromatic heterocycles. The Balaban J connectivity index is 2.61. The second-order valence-corrected chi connectivity index (χ2v) is 5.42. The SMILES string of the molecule is COc1ccc(/C=C/C(=O)CC(=O)C(C)(C)C)cc1. The summed E-state index contributed by atoms with van der Waals surface area (Å²) in [5.41, 5.74) is 0.432. The van der Waals surface area contributed by atoms with Gasteiger partial charge in [-0.2, -0.15) is 0 Å². The Morgan fingerprint density at radius 1 is 1.16 bits per heavy atom. The maximum Gasteiger partial charge on any atom is 0.163 e. The number of rotatable bonds is 5. The van der Waals surface area contributed by atoms with Crippen LogP contribution in [0.3, 0.4) is 0 Å². The van der Waals surface area contributed by atoms with Gasteiger partial charge in [0.05, 0.1) is 13.5 Å². The molecule has 0 aliphatic heterocycles. The number of carbonyl (C=O) groups is 2. The van der Waals surface area contributed by atoms with Gasteiger partial charge in [-0.3, -0.25) is 9.59 Å². The van der Waals surface area contributed by atoms with E-state index in [0.29, 0.717) is 0 Å². The van der Waals surface area contributed by atoms with Crippen molar-refractivity contribution >= 4 is 17.6 Å². The van der Waals surface area contributed by atoms with Crippen molar-refractivity contribution in [3.05, 3.63) is 35.9 Å². The van der Waals surface area contributed by atoms with Crippen LogP contribution >= 0.6 is 0 Å². The molecule has 1 aromatic carbocycles. The Hall–Kier alpha value is -1.90. The minimum Gasteiger partial charge on any atom is -0.497 e. The van der Waals surface area contributed by atoms with E-state index in [1.165, 1.54) is 6.08 Å². The van der Waals surface area contributed by atoms with Crippen LogP contribution in [0.4, 0.5) is 0 Å². The van der Waals surface area contributed by atoms with Crippen LogP contribution in [0.15, 0.2) is 30.3 Å². The smallest absolute Gasteiger partial charge is 0.163 e. The number of hydrogen-bond donors (Lipinski definition) is 0. The summed E-state index contributed by atoms with van der Waals surface area (Å²) in [7, 11) is 1.60. The van der Waals surface area contributed by atoms with Gasteiger partial charge in [0.15, 0.2) is 5.78 Å². The van der Waals surface area contributed by atoms with E-state index in [4.69, 9.17) is 4.74 Å². The van der Waals surface area contributed by atoms with Gasteiger partial charge in [-0.25, -0.2) is 0 Å². The van der Waals surface area contributed by atoms with Crippen molar-refractivity contribution in [2.24, 2.45) is 5.41 Å². The standard InChI is InChI=1S/C16H20O3/c1-16(2,3)15(18)11-13(17)8-5-12-6-9-14(19-4)10-7-12/h5-10H,11H2,1-4H3/b8-5+. The van der Waals surface area contributed by atoms with Crippen LogP contribution in [0.5, 0.6) is 5.75 Å². The van der Waals surface area contributed by atoms with Crippen molar-refractivity contribution in [1.82, 2.24) is 0 Å². The van der Waals surface area contributed by atoms with Gasteiger partial charge in [0, 0.05) is 5.41 Å². The first-order chi connectivity index (χ1) is 8.82. The van der Waals surface area contributed by atoms with Crippen molar-refractivity contribution < 1.29 is 14.3 Å². The van der Waals surface area contributed by atoms with E-state index in [-0.39, 0.29) is 18.0 Å². The minimum atomic E-state index is -0.469. The second-order valence-electron chi connectivity index (χ2n) is 5.42. The highest BCUT2D eigenvalue weighted by atomic mass is 16.5. The number of allylic oxidation sites excluding steroid dienone is 1. The highest BCUT2D eigenvalue weighted by Crippen LogP contribution is 2.17. The van der Waals surface area contributed by atoms with E-state index in [1.807, 2.05) is 45.0 Å². The molecule has 1 aromatic rings. The van der Waals surface area contributed by atoms with Gasteiger partial charge >= 0.3 is 0 Å². The van der Waals surface area contributed by atoms with Crippen LogP contribution in [-0.2, 0) is 9.59 Å². The van der Waals surface area contributed by atoms with Gasteiger partial charge in [0.25, 0.3) is 0 Å². The Morgan fingerprint density at radius 3 is 2.21 bits per heavy atom. The van der Waals surface area contributed by atoms with Crippen molar-refractivity contribution in [2.75, 3.05) is 7.11 Å². The molecule has 0 unspecified atom stereocenters. The molecule has 3 nitrogen and oxygen atoms in total. The number of hydrogen-bond acceptors (Lipinski definition) is 3. The zero-order valence-corrected chi connectivity index (χ0v) is 11.9. The number of methoxy groups -OCH3 is 1. The Labute approximate surface area is 114 Å². The third-order valence-corrected chi connectivity index (χ3v) is 2.75. The van der Waals surface area contributed by atoms with Gasteiger partial charge in [-0.1, -0.05) is 39.0 Å². The molecule has 1 rings (SSSR count). The van der Waals surface area contributed by atoms with Crippen molar-refractivity contribution in [2.45, 2.75) is 27.2 Å². The fourth-order valence-electron chi connectivity index (χ4n) is 1.39. The van der Waals surface area contributed by atoms with Crippen molar-refractivity contribution in [3.63, 3.8) is 0 Å². The fourth-order valence-corrected chi connectivity index (χ4v) is 1.39. The minimum absolute atomic E-state index is 0.0446. The van der Waals surface area contributed by atoms with Gasteiger partial charge < -0.3 is 4.74 Å². The van der Waals surface area contributed by atoms with E-state index < -0.39 is 5.41 Å². The van der Waals surface area contributed by atoms with Gasteiger partial charge in [-0.05, 0) is 23.8 Å². The number of ether oxygens (including phenoxy) is 1. The largest absolute Gasteiger partial charge is 0.497 e. The van der Waals surface area contributed by atoms with Gasteiger partial charge in [0.1, 0.15) is 11.5 Å². The van der Waals surface area contributed by atoms with Crippen LogP contribution in [0.1, 0.15) is 32.8 Å². The molecule has 19 heavy (non-hydrogen) atoms. The lowest BCUT2D eigenvalue weighted by atomic mass is 9.88. The second kappa shape index (κ2) is 6.32. The van der Waals surface area contributed by atoms with E-state index in [9.17, 15) is 9.59 Å². The molecule has 0 radical (unpaired) electrons. The lowest BCUT2D eigenvalue weighted by Gasteiger charge is -2.14. The summed E-state index contributed by atoms with van der Waals surface area (Å²) >= 11 is 0. The molecule has 0 atom stereocenters. The predicted octanol–water partition coefficient (Wildman–Crippen LogP) is 3.28. The molecule has 3 heteroatoms. The molecular weight excluding hydrogens is 240 g/mol. The molecule has 0 saturated heterocycles. The molecule has 0 amide bonds. The third-order valence-electron chi connectivity index (χ3n) is 2.75. The highest BCUT2D eigenvalue weighted by Gasteiger charge is 2.22. The summed E-state index contributed by atoms with van der Waals surface area (Å²) in [4.78, 5) is 23.4. The molecule has 0 N–H and O–H groups in total. The van der Waals surface area contributed by atoms with Crippen molar-refractivity contribution in [1.29, 1.82) is 0 Å². The van der Waals surface area contributed by atoms with E-state index >= 15 is 0 Å². The first kappa shape index (κ1) is 15.2. The first-order valence-corrected chi connectivity index (χ1v) is 6.21. The molecular formula is C16H20O3. The molecule has 0 saturated carbocycles. The number of Topliss-reactive ketones (excluding diaryl/α,β-unsaturated/α-hetero) is 1. The fraction of sp³-hybridized carbons (Fsp3) is 0.375. The van der Waals surface area contributed by atoms with Gasteiger partial charge in [-0.15, -0.1) is 0 Å². The highest BCUT2D eigenvalue weighted by molar-refractivity contribution is 6.07. The average Bonchev–Trinajstić information content (AvgIpc) is 2.35. The monoisotopic (exact) mass is 260 g/mol. The topological polar surface area (TPSA) is 43.4 Å². The average molecular weight is 260 g/mol. The molecule has 0 heterocycles. The third kappa shape index (κ3) is 5.08. The maximum atomic E-state index is 11.7. The normalized spacial score (nSPS) is 11.6. The number of benzene rings is 1. The molecule has 0 spiro atoms. The lowest BCUT2D eigenvalue weighted by molar-refractivity contribution is -0.130. The predicted molar refractivity (Wildman–Crippen MR) is 76.1 cm³/mol. The van der Waals surface area contributed by atoms with Crippen molar-refractivity contribution in [3.8, 4) is 5.75 Å². The lowest BCUT2D eigenvalue weighted by Crippen LogP contribution is -2.22.